The Morgan fingerprint density at radius 2 is 1.10 bits per heavy atom. The molecule has 14 heteroatoms. The molecule has 50 heavy (non-hydrogen) atoms. The average molecular weight is 737 g/mol. The lowest BCUT2D eigenvalue weighted by atomic mass is 9.57. The van der Waals surface area contributed by atoms with E-state index in [1.165, 1.54) is 11.8 Å². The summed E-state index contributed by atoms with van der Waals surface area (Å²) in [5.74, 6) is -5.45. The minimum Gasteiger partial charge on any atom is -0.349 e. The van der Waals surface area contributed by atoms with Crippen molar-refractivity contribution in [3.63, 3.8) is 0 Å². The van der Waals surface area contributed by atoms with Crippen molar-refractivity contribution in [1.29, 1.82) is 0 Å². The van der Waals surface area contributed by atoms with Crippen LogP contribution in [0.3, 0.4) is 0 Å². The number of halogens is 3. The number of rotatable bonds is 8. The molecule has 8 aliphatic heterocycles. The SMILES string of the molecule is C[C@@H]1CC[C@H]2[C@@H](C)[C@@](C)(OCCSCCO[C@@]3(C(F)(F)F)O[C@@H]4O[C@]5(C)CC[C@H]6[C@H](C)CC[C@@H]([C@H]3C)[C@@]46OO5)O[C@@H]3O[C@@]4(C)CC[C@@H]1[C@]32OO4. The molecule has 0 radical (unpaired) electrons. The van der Waals surface area contributed by atoms with Crippen molar-refractivity contribution in [2.45, 2.75) is 153 Å². The van der Waals surface area contributed by atoms with E-state index in [0.29, 0.717) is 36.9 Å². The third kappa shape index (κ3) is 5.27. The van der Waals surface area contributed by atoms with E-state index in [9.17, 15) is 0 Å². The molecule has 16 atom stereocenters. The first-order valence-electron chi connectivity index (χ1n) is 18.9. The molecule has 286 valence electrons. The molecule has 4 bridgehead atoms. The second-order valence-electron chi connectivity index (χ2n) is 17.1. The first-order valence-corrected chi connectivity index (χ1v) is 20.1. The molecule has 2 aliphatic carbocycles. The van der Waals surface area contributed by atoms with Gasteiger partial charge in [0.2, 0.25) is 11.6 Å². The molecule has 10 aliphatic rings. The summed E-state index contributed by atoms with van der Waals surface area (Å²) >= 11 is 1.47. The molecule has 2 spiro atoms. The zero-order valence-electron chi connectivity index (χ0n) is 30.4. The molecule has 8 saturated heterocycles. The van der Waals surface area contributed by atoms with Gasteiger partial charge in [-0.25, -0.2) is 19.6 Å². The van der Waals surface area contributed by atoms with Gasteiger partial charge in [-0.15, -0.1) is 0 Å². The average Bonchev–Trinajstić information content (AvgIpc) is 3.42. The van der Waals surface area contributed by atoms with Crippen molar-refractivity contribution >= 4 is 11.8 Å². The molecular weight excluding hydrogens is 681 g/mol. The molecule has 0 aromatic heterocycles. The van der Waals surface area contributed by atoms with E-state index in [2.05, 4.69) is 20.8 Å². The van der Waals surface area contributed by atoms with Gasteiger partial charge in [-0.3, -0.25) is 0 Å². The summed E-state index contributed by atoms with van der Waals surface area (Å²) in [5.41, 5.74) is -1.79. The first kappa shape index (κ1) is 36.7. The Kier molecular flexibility index (Phi) is 9.08. The molecule has 2 saturated carbocycles. The van der Waals surface area contributed by atoms with Crippen LogP contribution in [-0.2, 0) is 48.0 Å². The van der Waals surface area contributed by atoms with Gasteiger partial charge >= 0.3 is 6.18 Å². The fourth-order valence-corrected chi connectivity index (χ4v) is 12.0. The summed E-state index contributed by atoms with van der Waals surface area (Å²) in [4.78, 5) is 24.0. The maximum atomic E-state index is 15.1. The number of ether oxygens (including phenoxy) is 6. The van der Waals surface area contributed by atoms with Crippen LogP contribution in [0.2, 0.25) is 0 Å². The summed E-state index contributed by atoms with van der Waals surface area (Å²) in [5, 5.41) is 0. The Morgan fingerprint density at radius 1 is 0.600 bits per heavy atom. The lowest BCUT2D eigenvalue weighted by Crippen LogP contribution is -2.76. The van der Waals surface area contributed by atoms with E-state index in [-0.39, 0.29) is 36.2 Å². The molecule has 0 unspecified atom stereocenters. The van der Waals surface area contributed by atoms with Crippen LogP contribution in [0.4, 0.5) is 13.2 Å². The van der Waals surface area contributed by atoms with Crippen LogP contribution in [0.1, 0.15) is 99.8 Å². The Hall–Kier alpha value is -0.260. The zero-order valence-corrected chi connectivity index (χ0v) is 31.2. The Morgan fingerprint density at radius 3 is 1.64 bits per heavy atom. The van der Waals surface area contributed by atoms with E-state index in [0.717, 1.165) is 38.5 Å². The Balaban J connectivity index is 0.901. The van der Waals surface area contributed by atoms with Gasteiger partial charge in [0.25, 0.3) is 5.79 Å². The second kappa shape index (κ2) is 12.4. The van der Waals surface area contributed by atoms with Crippen LogP contribution < -0.4 is 0 Å². The number of alkyl halides is 3. The zero-order chi connectivity index (χ0) is 35.5. The number of hydrogen-bond acceptors (Lipinski definition) is 11. The predicted molar refractivity (Wildman–Crippen MR) is 172 cm³/mol. The van der Waals surface area contributed by atoms with Gasteiger partial charge in [-0.1, -0.05) is 27.7 Å². The maximum absolute atomic E-state index is 15.1. The summed E-state index contributed by atoms with van der Waals surface area (Å²) in [7, 11) is 0. The smallest absolute Gasteiger partial charge is 0.349 e. The van der Waals surface area contributed by atoms with E-state index in [1.807, 2.05) is 13.8 Å². The highest BCUT2D eigenvalue weighted by Crippen LogP contribution is 2.65. The molecular formula is C36H55F3O10S. The summed E-state index contributed by atoms with van der Waals surface area (Å²) in [6, 6.07) is 0. The minimum atomic E-state index is -4.79. The largest absolute Gasteiger partial charge is 0.443 e. The number of hydrogen-bond donors (Lipinski definition) is 0. The van der Waals surface area contributed by atoms with E-state index < -0.39 is 64.9 Å². The van der Waals surface area contributed by atoms with Crippen LogP contribution in [0.25, 0.3) is 0 Å². The van der Waals surface area contributed by atoms with E-state index >= 15 is 13.2 Å². The van der Waals surface area contributed by atoms with Crippen LogP contribution in [0.15, 0.2) is 0 Å². The van der Waals surface area contributed by atoms with Gasteiger partial charge in [0, 0.05) is 48.0 Å². The predicted octanol–water partition coefficient (Wildman–Crippen LogP) is 7.49. The first-order chi connectivity index (χ1) is 23.5. The molecule has 10 rings (SSSR count). The number of fused-ring (bicyclic) bond motifs is 4. The molecule has 10 fully saturated rings. The van der Waals surface area contributed by atoms with E-state index in [1.54, 1.807) is 13.8 Å². The number of thioether (sulfide) groups is 1. The van der Waals surface area contributed by atoms with Gasteiger partial charge in [-0.2, -0.15) is 24.9 Å². The quantitative estimate of drug-likeness (QED) is 0.183. The van der Waals surface area contributed by atoms with Crippen LogP contribution in [-0.4, -0.2) is 77.8 Å². The summed E-state index contributed by atoms with van der Waals surface area (Å²) in [6.07, 6.45) is -0.337. The fourth-order valence-electron chi connectivity index (χ4n) is 11.4. The van der Waals surface area contributed by atoms with Gasteiger partial charge in [-0.05, 0) is 83.0 Å². The van der Waals surface area contributed by atoms with E-state index in [4.69, 9.17) is 48.0 Å². The van der Waals surface area contributed by atoms with Crippen molar-refractivity contribution < 1.29 is 61.1 Å². The molecule has 10 nitrogen and oxygen atoms in total. The molecule has 0 aromatic carbocycles. The topological polar surface area (TPSA) is 92.3 Å². The highest BCUT2D eigenvalue weighted by Gasteiger charge is 2.77. The highest BCUT2D eigenvalue weighted by atomic mass is 32.2. The van der Waals surface area contributed by atoms with Crippen molar-refractivity contribution in [2.75, 3.05) is 24.7 Å². The van der Waals surface area contributed by atoms with Crippen molar-refractivity contribution in [1.82, 2.24) is 0 Å². The van der Waals surface area contributed by atoms with Gasteiger partial charge < -0.3 is 28.4 Å². The summed E-state index contributed by atoms with van der Waals surface area (Å²) < 4.78 is 83.1. The third-order valence-electron chi connectivity index (χ3n) is 14.4. The van der Waals surface area contributed by atoms with Crippen LogP contribution >= 0.6 is 11.8 Å². The molecule has 0 aromatic rings. The fraction of sp³-hybridized carbons (Fsp3) is 1.00. The van der Waals surface area contributed by atoms with Crippen molar-refractivity contribution in [3.05, 3.63) is 0 Å². The standard InChI is InChI=1S/C36H55F3O10S/c1-20-8-10-26-22(3)32(7,44-28-33(26)24(20)12-14-30(5,42-28)46-48-33)40-16-18-50-19-17-41-35(36(37,38)39)23(4)27-11-9-21(2)25-13-15-31(6)43-29(45-35)34(25,27)49-47-31/h20-29H,8-19H2,1-7H3/t20-,21-,22-,23-,24+,25+,26+,27+,28+,29+,30-,31+,32+,33-,34-,35-/m1/s1. The van der Waals surface area contributed by atoms with Gasteiger partial charge in [0.15, 0.2) is 29.6 Å². The van der Waals surface area contributed by atoms with Crippen molar-refractivity contribution in [2.24, 2.45) is 47.3 Å². The Labute approximate surface area is 297 Å². The third-order valence-corrected chi connectivity index (χ3v) is 15.3. The second-order valence-corrected chi connectivity index (χ2v) is 18.3. The Bertz CT molecular complexity index is 1300. The lowest BCUT2D eigenvalue weighted by molar-refractivity contribution is -0.598. The highest BCUT2D eigenvalue weighted by molar-refractivity contribution is 7.99. The van der Waals surface area contributed by atoms with Gasteiger partial charge in [0.1, 0.15) is 0 Å². The van der Waals surface area contributed by atoms with Crippen molar-refractivity contribution in [3.8, 4) is 0 Å². The van der Waals surface area contributed by atoms with Crippen LogP contribution in [0, 0.1) is 47.3 Å². The van der Waals surface area contributed by atoms with Gasteiger partial charge in [0.05, 0.1) is 13.2 Å². The summed E-state index contributed by atoms with van der Waals surface area (Å²) in [6.45, 7) is 13.9. The monoisotopic (exact) mass is 736 g/mol. The maximum Gasteiger partial charge on any atom is 0.443 e. The van der Waals surface area contributed by atoms with Crippen LogP contribution in [0.5, 0.6) is 0 Å². The molecule has 0 N–H and O–H groups in total. The lowest BCUT2D eigenvalue weighted by Gasteiger charge is -2.62. The molecule has 0 amide bonds. The molecule has 8 heterocycles. The minimum absolute atomic E-state index is 0.00269. The normalized spacial score (nSPS) is 55.6.